The van der Waals surface area contributed by atoms with Crippen molar-refractivity contribution in [3.05, 3.63) is 29.6 Å². The number of hydrogen-bond acceptors (Lipinski definition) is 5. The summed E-state index contributed by atoms with van der Waals surface area (Å²) in [5.41, 5.74) is 5.72. The lowest BCUT2D eigenvalue weighted by atomic mass is 9.86. The second-order valence-corrected chi connectivity index (χ2v) is 9.02. The number of ether oxygens (including phenoxy) is 1. The molecule has 23 heavy (non-hydrogen) atoms. The molecular weight excluding hydrogens is 319 g/mol. The first kappa shape index (κ1) is 16.4. The Bertz CT molecular complexity index is 793. The van der Waals surface area contributed by atoms with Gasteiger partial charge in [-0.2, -0.15) is 0 Å². The van der Waals surface area contributed by atoms with Gasteiger partial charge >= 0.3 is 0 Å². The Morgan fingerprint density at radius 3 is 2.83 bits per heavy atom. The fourth-order valence-electron chi connectivity index (χ4n) is 4.08. The van der Waals surface area contributed by atoms with Crippen molar-refractivity contribution in [2.45, 2.75) is 42.2 Å². The first-order valence-electron chi connectivity index (χ1n) is 7.54. The topological polar surface area (TPSA) is 81.8 Å². The zero-order valence-corrected chi connectivity index (χ0v) is 14.3. The van der Waals surface area contributed by atoms with E-state index in [1.807, 2.05) is 0 Å². The zero-order valence-electron chi connectivity index (χ0n) is 13.5. The molecule has 0 aromatic heterocycles. The first-order chi connectivity index (χ1) is 10.7. The average molecular weight is 340 g/mol. The van der Waals surface area contributed by atoms with Gasteiger partial charge < -0.3 is 10.5 Å². The maximum atomic E-state index is 14.4. The van der Waals surface area contributed by atoms with E-state index in [2.05, 4.69) is 4.99 Å². The fraction of sp³-hybridized carbons (Fsp3) is 0.562. The van der Waals surface area contributed by atoms with Crippen LogP contribution in [0, 0.1) is 5.82 Å². The molecule has 1 saturated heterocycles. The van der Waals surface area contributed by atoms with Gasteiger partial charge in [-0.3, -0.25) is 4.99 Å². The molecule has 1 fully saturated rings. The maximum absolute atomic E-state index is 14.4. The average Bonchev–Trinajstić information content (AvgIpc) is 2.66. The first-order valence-corrected chi connectivity index (χ1v) is 9.08. The summed E-state index contributed by atoms with van der Waals surface area (Å²) in [6.07, 6.45) is 0.875. The summed E-state index contributed by atoms with van der Waals surface area (Å²) in [6.45, 7) is 3.45. The van der Waals surface area contributed by atoms with Crippen molar-refractivity contribution in [2.75, 3.05) is 19.5 Å². The quantitative estimate of drug-likeness (QED) is 0.854. The smallest absolute Gasteiger partial charge is 0.169 e. The van der Waals surface area contributed by atoms with Crippen LogP contribution in [0.4, 0.5) is 10.1 Å². The van der Waals surface area contributed by atoms with Crippen LogP contribution in [-0.4, -0.2) is 37.8 Å². The van der Waals surface area contributed by atoms with Gasteiger partial charge in [0.05, 0.1) is 11.9 Å². The van der Waals surface area contributed by atoms with Crippen molar-refractivity contribution in [3.8, 4) is 0 Å². The molecule has 2 bridgehead atoms. The minimum absolute atomic E-state index is 0.0800. The summed E-state index contributed by atoms with van der Waals surface area (Å²) in [4.78, 5) is 4.66. The largest absolute Gasteiger partial charge is 0.399 e. The molecule has 3 rings (SSSR count). The van der Waals surface area contributed by atoms with E-state index in [1.165, 1.54) is 25.3 Å². The summed E-state index contributed by atoms with van der Waals surface area (Å²) >= 11 is 0. The molecule has 7 heteroatoms. The standard InChI is InChI=1S/C16H21FN2O3S/c1-10-16(9-22-3)7-6-14(23(16,20)21)15(2,19-10)12-8-11(18)4-5-13(12)17/h4-5,8,14H,6-7,9,18H2,1-3H3/t14-,15-,16-/m1/s1. The number of anilines is 1. The van der Waals surface area contributed by atoms with E-state index in [9.17, 15) is 12.8 Å². The van der Waals surface area contributed by atoms with E-state index in [-0.39, 0.29) is 12.2 Å². The van der Waals surface area contributed by atoms with Gasteiger partial charge in [0.25, 0.3) is 0 Å². The number of nitrogen functional groups attached to an aromatic ring is 1. The Balaban J connectivity index is 2.26. The molecule has 0 saturated carbocycles. The van der Waals surface area contributed by atoms with Gasteiger partial charge in [-0.05, 0) is 44.9 Å². The Kier molecular flexibility index (Phi) is 3.57. The highest BCUT2D eigenvalue weighted by molar-refractivity contribution is 7.94. The number of rotatable bonds is 3. The number of nitrogens with zero attached hydrogens (tertiary/aromatic N) is 1. The van der Waals surface area contributed by atoms with Crippen LogP contribution >= 0.6 is 0 Å². The van der Waals surface area contributed by atoms with Gasteiger partial charge in [-0.15, -0.1) is 0 Å². The van der Waals surface area contributed by atoms with Crippen LogP contribution in [0.1, 0.15) is 32.3 Å². The van der Waals surface area contributed by atoms with Crippen molar-refractivity contribution in [3.63, 3.8) is 0 Å². The minimum atomic E-state index is -3.55. The molecule has 5 nitrogen and oxygen atoms in total. The van der Waals surface area contributed by atoms with Gasteiger partial charge in [0, 0.05) is 24.1 Å². The van der Waals surface area contributed by atoms with E-state index < -0.39 is 31.2 Å². The Morgan fingerprint density at radius 1 is 1.48 bits per heavy atom. The highest BCUT2D eigenvalue weighted by Gasteiger charge is 2.64. The number of nitrogens with two attached hydrogens (primary N) is 1. The number of benzene rings is 1. The molecule has 2 aliphatic heterocycles. The molecule has 2 aliphatic rings. The molecule has 0 unspecified atom stereocenters. The lowest BCUT2D eigenvalue weighted by molar-refractivity contribution is 0.182. The highest BCUT2D eigenvalue weighted by atomic mass is 32.2. The number of halogens is 1. The van der Waals surface area contributed by atoms with Crippen LogP contribution in [0.5, 0.6) is 0 Å². The number of methoxy groups -OCH3 is 1. The number of aliphatic imine (C=N–C) groups is 1. The van der Waals surface area contributed by atoms with E-state index in [0.29, 0.717) is 24.2 Å². The maximum Gasteiger partial charge on any atom is 0.169 e. The second-order valence-electron chi connectivity index (χ2n) is 6.58. The van der Waals surface area contributed by atoms with Crippen LogP contribution in [0.15, 0.2) is 23.2 Å². The van der Waals surface area contributed by atoms with Gasteiger partial charge in [0.2, 0.25) is 0 Å². The highest BCUT2D eigenvalue weighted by Crippen LogP contribution is 2.52. The number of sulfone groups is 1. The summed E-state index contributed by atoms with van der Waals surface area (Å²) in [7, 11) is -2.07. The Morgan fingerprint density at radius 2 is 2.17 bits per heavy atom. The van der Waals surface area contributed by atoms with Crippen LogP contribution in [-0.2, 0) is 20.1 Å². The van der Waals surface area contributed by atoms with Gasteiger partial charge in [0.1, 0.15) is 16.1 Å². The fourth-order valence-corrected chi connectivity index (χ4v) is 6.98. The van der Waals surface area contributed by atoms with Crippen molar-refractivity contribution in [2.24, 2.45) is 4.99 Å². The third-order valence-corrected chi connectivity index (χ3v) is 8.48. The van der Waals surface area contributed by atoms with Crippen molar-refractivity contribution in [1.29, 1.82) is 0 Å². The van der Waals surface area contributed by atoms with Crippen molar-refractivity contribution < 1.29 is 17.5 Å². The molecular formula is C16H21FN2O3S. The molecule has 1 aromatic rings. The lowest BCUT2D eigenvalue weighted by Gasteiger charge is -2.41. The van der Waals surface area contributed by atoms with E-state index >= 15 is 0 Å². The molecule has 2 heterocycles. The van der Waals surface area contributed by atoms with Crippen LogP contribution in [0.2, 0.25) is 0 Å². The third kappa shape index (κ3) is 1.99. The number of fused-ring (bicyclic) bond motifs is 2. The molecule has 3 atom stereocenters. The predicted octanol–water partition coefficient (Wildman–Crippen LogP) is 2.06. The summed E-state index contributed by atoms with van der Waals surface area (Å²) in [6, 6.07) is 4.21. The summed E-state index contributed by atoms with van der Waals surface area (Å²) < 4.78 is 44.8. The van der Waals surface area contributed by atoms with Gasteiger partial charge in [0.15, 0.2) is 9.84 Å². The van der Waals surface area contributed by atoms with E-state index in [4.69, 9.17) is 10.5 Å². The summed E-state index contributed by atoms with van der Waals surface area (Å²) in [5.74, 6) is -0.486. The molecule has 2 N–H and O–H groups in total. The third-order valence-electron chi connectivity index (χ3n) is 5.33. The molecule has 0 amide bonds. The zero-order chi connectivity index (χ0) is 17.0. The van der Waals surface area contributed by atoms with Gasteiger partial charge in [-0.1, -0.05) is 0 Å². The summed E-state index contributed by atoms with van der Waals surface area (Å²) in [5, 5.41) is -0.773. The van der Waals surface area contributed by atoms with Crippen LogP contribution in [0.25, 0.3) is 0 Å². The molecule has 0 radical (unpaired) electrons. The van der Waals surface area contributed by atoms with Crippen LogP contribution in [0.3, 0.4) is 0 Å². The van der Waals surface area contributed by atoms with Crippen LogP contribution < -0.4 is 5.73 Å². The second kappa shape index (κ2) is 5.01. The molecule has 1 aromatic carbocycles. The molecule has 0 spiro atoms. The SMILES string of the molecule is COC[C@]12CC[C@H]([C@@](C)(c3cc(N)ccc3F)N=C1C)S2(=O)=O. The van der Waals surface area contributed by atoms with Gasteiger partial charge in [-0.25, -0.2) is 12.8 Å². The van der Waals surface area contributed by atoms with E-state index in [0.717, 1.165) is 0 Å². The Labute approximate surface area is 135 Å². The van der Waals surface area contributed by atoms with Crippen molar-refractivity contribution in [1.82, 2.24) is 0 Å². The predicted molar refractivity (Wildman–Crippen MR) is 87.8 cm³/mol. The Hall–Kier alpha value is -1.47. The normalized spacial score (nSPS) is 35.1. The lowest BCUT2D eigenvalue weighted by Crippen LogP contribution is -2.56. The molecule has 126 valence electrons. The minimum Gasteiger partial charge on any atom is -0.399 e. The molecule has 0 aliphatic carbocycles. The van der Waals surface area contributed by atoms with Crippen molar-refractivity contribution >= 4 is 21.2 Å². The monoisotopic (exact) mass is 340 g/mol. The number of hydrogen-bond donors (Lipinski definition) is 1. The van der Waals surface area contributed by atoms with E-state index in [1.54, 1.807) is 13.8 Å².